The van der Waals surface area contributed by atoms with Gasteiger partial charge in [-0.2, -0.15) is 0 Å². The third kappa shape index (κ3) is 3.61. The summed E-state index contributed by atoms with van der Waals surface area (Å²) in [7, 11) is 0. The van der Waals surface area contributed by atoms with Gasteiger partial charge < -0.3 is 9.13 Å². The Morgan fingerprint density at radius 2 is 1.32 bits per heavy atom. The topological polar surface area (TPSA) is 50.8 Å². The normalized spacial score (nSPS) is 11.1. The average Bonchev–Trinajstić information content (AvgIpc) is 2.96. The van der Waals surface area contributed by atoms with E-state index >= 15 is 0 Å². The first-order chi connectivity index (χ1) is 13.5. The molecule has 4 nitrogen and oxygen atoms in total. The third-order valence-corrected chi connectivity index (χ3v) is 5.20. The number of rotatable bonds is 5. The molecule has 0 fully saturated rings. The second kappa shape index (κ2) is 7.66. The number of aromatic nitrogens is 2. The molecule has 0 aliphatic carbocycles. The van der Waals surface area contributed by atoms with E-state index in [0.717, 1.165) is 16.6 Å². The Balaban J connectivity index is 1.73. The van der Waals surface area contributed by atoms with Crippen molar-refractivity contribution in [2.75, 3.05) is 0 Å². The van der Waals surface area contributed by atoms with Crippen LogP contribution in [0.4, 0.5) is 0 Å². The number of Topliss-reactive ketones (excluding diaryl/α,β-unsaturated/α-hetero) is 1. The summed E-state index contributed by atoms with van der Waals surface area (Å²) >= 11 is 11.9. The van der Waals surface area contributed by atoms with Crippen LogP contribution in [0, 0.1) is 5.41 Å². The number of nitrogens with zero attached hydrogens (tertiary/aromatic N) is 2. The predicted octanol–water partition coefficient (Wildman–Crippen LogP) is 5.16. The molecule has 140 valence electrons. The van der Waals surface area contributed by atoms with Gasteiger partial charge >= 0.3 is 0 Å². The number of ketones is 1. The summed E-state index contributed by atoms with van der Waals surface area (Å²) in [5.41, 5.74) is 3.65. The largest absolute Gasteiger partial charge is 0.306 e. The first-order valence-corrected chi connectivity index (χ1v) is 9.54. The number of carbonyl (C=O) groups excluding carboxylic acids is 1. The number of carbonyl (C=O) groups is 1. The van der Waals surface area contributed by atoms with Crippen molar-refractivity contribution in [3.05, 3.63) is 99.6 Å². The van der Waals surface area contributed by atoms with Gasteiger partial charge in [-0.05, 0) is 54.1 Å². The number of imidazole rings is 1. The van der Waals surface area contributed by atoms with Crippen LogP contribution in [0.3, 0.4) is 0 Å². The molecule has 1 N–H and O–H groups in total. The summed E-state index contributed by atoms with van der Waals surface area (Å²) in [4.78, 5) is 12.8. The molecule has 6 heteroatoms. The number of fused-ring (bicyclic) bond motifs is 1. The molecule has 0 bridgehead atoms. The van der Waals surface area contributed by atoms with Gasteiger partial charge in [0.2, 0.25) is 5.62 Å². The van der Waals surface area contributed by atoms with Crippen molar-refractivity contribution in [3.8, 4) is 0 Å². The molecular weight excluding hydrogens is 393 g/mol. The van der Waals surface area contributed by atoms with Crippen molar-refractivity contribution in [1.82, 2.24) is 9.13 Å². The second-order valence-electron chi connectivity index (χ2n) is 6.54. The molecule has 0 saturated heterocycles. The van der Waals surface area contributed by atoms with Crippen molar-refractivity contribution < 1.29 is 4.79 Å². The Morgan fingerprint density at radius 3 is 1.93 bits per heavy atom. The first-order valence-electron chi connectivity index (χ1n) is 8.79. The number of nitrogens with one attached hydrogen (secondary N) is 1. The van der Waals surface area contributed by atoms with Crippen molar-refractivity contribution in [2.24, 2.45) is 0 Å². The van der Waals surface area contributed by atoms with E-state index in [1.54, 1.807) is 28.8 Å². The van der Waals surface area contributed by atoms with Crippen molar-refractivity contribution in [1.29, 1.82) is 5.41 Å². The lowest BCUT2D eigenvalue weighted by Crippen LogP contribution is -2.27. The van der Waals surface area contributed by atoms with Crippen LogP contribution in [0.15, 0.2) is 72.8 Å². The Labute approximate surface area is 172 Å². The smallest absolute Gasteiger partial charge is 0.203 e. The molecule has 28 heavy (non-hydrogen) atoms. The van der Waals surface area contributed by atoms with E-state index in [1.165, 1.54) is 0 Å². The number of para-hydroxylation sites is 2. The van der Waals surface area contributed by atoms with Gasteiger partial charge in [0.1, 0.15) is 0 Å². The molecule has 1 aromatic heterocycles. The molecule has 0 saturated carbocycles. The number of hydrogen-bond acceptors (Lipinski definition) is 2. The Hall–Kier alpha value is -2.82. The van der Waals surface area contributed by atoms with Crippen LogP contribution >= 0.6 is 23.2 Å². The van der Waals surface area contributed by atoms with Gasteiger partial charge in [-0.3, -0.25) is 10.2 Å². The summed E-state index contributed by atoms with van der Waals surface area (Å²) in [6.45, 7) is 0.618. The highest BCUT2D eigenvalue weighted by molar-refractivity contribution is 6.30. The molecule has 0 spiro atoms. The van der Waals surface area contributed by atoms with Crippen LogP contribution in [0.5, 0.6) is 0 Å². The van der Waals surface area contributed by atoms with E-state index in [2.05, 4.69) is 0 Å². The molecule has 0 aliphatic heterocycles. The lowest BCUT2D eigenvalue weighted by atomic mass is 10.1. The Morgan fingerprint density at radius 1 is 0.786 bits per heavy atom. The minimum absolute atomic E-state index is 0.0652. The molecular formula is C22H17Cl2N3O. The summed E-state index contributed by atoms with van der Waals surface area (Å²) in [5, 5.41) is 9.95. The Bertz CT molecular complexity index is 1210. The van der Waals surface area contributed by atoms with Gasteiger partial charge in [0.05, 0.1) is 24.1 Å². The van der Waals surface area contributed by atoms with Crippen molar-refractivity contribution in [3.63, 3.8) is 0 Å². The molecule has 3 aromatic carbocycles. The molecule has 0 unspecified atom stereocenters. The average molecular weight is 410 g/mol. The molecule has 1 heterocycles. The van der Waals surface area contributed by atoms with Crippen LogP contribution in [0.1, 0.15) is 15.9 Å². The van der Waals surface area contributed by atoms with Gasteiger partial charge in [0, 0.05) is 15.6 Å². The van der Waals surface area contributed by atoms with E-state index in [1.807, 2.05) is 53.1 Å². The fourth-order valence-corrected chi connectivity index (χ4v) is 3.51. The van der Waals surface area contributed by atoms with Crippen LogP contribution in [-0.2, 0) is 13.1 Å². The van der Waals surface area contributed by atoms with Crippen LogP contribution in [0.2, 0.25) is 10.0 Å². The lowest BCUT2D eigenvalue weighted by Gasteiger charge is -2.06. The van der Waals surface area contributed by atoms with E-state index in [4.69, 9.17) is 28.6 Å². The quantitative estimate of drug-likeness (QED) is 0.454. The minimum atomic E-state index is -0.0652. The fourth-order valence-electron chi connectivity index (χ4n) is 3.26. The van der Waals surface area contributed by atoms with Gasteiger partial charge in [0.15, 0.2) is 5.78 Å². The molecule has 0 atom stereocenters. The fraction of sp³-hybridized carbons (Fsp3) is 0.0909. The predicted molar refractivity (Wildman–Crippen MR) is 112 cm³/mol. The number of hydrogen-bond donors (Lipinski definition) is 1. The van der Waals surface area contributed by atoms with E-state index in [-0.39, 0.29) is 17.9 Å². The number of halogens is 2. The third-order valence-electron chi connectivity index (χ3n) is 4.70. The molecule has 0 amide bonds. The highest BCUT2D eigenvalue weighted by atomic mass is 35.5. The highest BCUT2D eigenvalue weighted by Gasteiger charge is 2.15. The maximum atomic E-state index is 12.8. The van der Waals surface area contributed by atoms with Gasteiger partial charge in [-0.1, -0.05) is 47.5 Å². The monoisotopic (exact) mass is 409 g/mol. The SMILES string of the molecule is N=c1n(CC(=O)c2ccc(Cl)cc2)c2ccccc2n1Cc1ccc(Cl)cc1. The Kier molecular flexibility index (Phi) is 5.07. The summed E-state index contributed by atoms with van der Waals surface area (Å²) in [6, 6.07) is 22.1. The first kappa shape index (κ1) is 18.5. The molecule has 0 radical (unpaired) electrons. The zero-order valence-corrected chi connectivity index (χ0v) is 16.4. The standard InChI is InChI=1S/C22H17Cl2N3O/c23-17-9-5-15(6-10-17)13-26-19-3-1-2-4-20(19)27(22(26)25)14-21(28)16-7-11-18(24)12-8-16/h1-12,25H,13-14H2. The van der Waals surface area contributed by atoms with Crippen LogP contribution < -0.4 is 5.62 Å². The molecule has 0 aliphatic rings. The van der Waals surface area contributed by atoms with Crippen LogP contribution in [-0.4, -0.2) is 14.9 Å². The highest BCUT2D eigenvalue weighted by Crippen LogP contribution is 2.17. The second-order valence-corrected chi connectivity index (χ2v) is 7.41. The van der Waals surface area contributed by atoms with Crippen molar-refractivity contribution >= 4 is 40.0 Å². The van der Waals surface area contributed by atoms with Gasteiger partial charge in [-0.15, -0.1) is 0 Å². The maximum Gasteiger partial charge on any atom is 0.203 e. The van der Waals surface area contributed by atoms with Gasteiger partial charge in [-0.25, -0.2) is 0 Å². The number of benzene rings is 3. The zero-order valence-electron chi connectivity index (χ0n) is 14.9. The molecule has 4 rings (SSSR count). The van der Waals surface area contributed by atoms with E-state index in [0.29, 0.717) is 22.2 Å². The van der Waals surface area contributed by atoms with Gasteiger partial charge in [0.25, 0.3) is 0 Å². The van der Waals surface area contributed by atoms with E-state index in [9.17, 15) is 4.79 Å². The zero-order chi connectivity index (χ0) is 19.7. The van der Waals surface area contributed by atoms with E-state index < -0.39 is 0 Å². The van der Waals surface area contributed by atoms with Crippen LogP contribution in [0.25, 0.3) is 11.0 Å². The van der Waals surface area contributed by atoms with Crippen molar-refractivity contribution in [2.45, 2.75) is 13.1 Å². The summed E-state index contributed by atoms with van der Waals surface area (Å²) < 4.78 is 3.63. The maximum absolute atomic E-state index is 12.8. The lowest BCUT2D eigenvalue weighted by molar-refractivity contribution is 0.0971. The minimum Gasteiger partial charge on any atom is -0.306 e. The summed E-state index contributed by atoms with van der Waals surface area (Å²) in [5.74, 6) is -0.0652. The molecule has 4 aromatic rings. The summed E-state index contributed by atoms with van der Waals surface area (Å²) in [6.07, 6.45) is 0.